The Morgan fingerprint density at radius 3 is 2.57 bits per heavy atom. The Balaban J connectivity index is 1.74. The summed E-state index contributed by atoms with van der Waals surface area (Å²) in [6.45, 7) is 7.73. The number of amides is 1. The lowest BCUT2D eigenvalue weighted by molar-refractivity contribution is 0.0934. The number of aromatic nitrogens is 1. The Morgan fingerprint density at radius 1 is 1.13 bits per heavy atom. The van der Waals surface area contributed by atoms with E-state index in [1.165, 1.54) is 29.5 Å². The molecule has 1 aromatic heterocycles. The maximum atomic E-state index is 13.3. The monoisotopic (exact) mass is 409 g/mol. The zero-order valence-electron chi connectivity index (χ0n) is 17.7. The van der Waals surface area contributed by atoms with Crippen LogP contribution in [0.3, 0.4) is 0 Å². The second kappa shape index (κ2) is 10.2. The number of benzene rings is 2. The normalized spacial score (nSPS) is 12.2. The van der Waals surface area contributed by atoms with Crippen molar-refractivity contribution < 1.29 is 13.6 Å². The van der Waals surface area contributed by atoms with Crippen molar-refractivity contribution in [3.63, 3.8) is 0 Å². The van der Waals surface area contributed by atoms with E-state index in [0.29, 0.717) is 25.5 Å². The van der Waals surface area contributed by atoms with E-state index in [4.69, 9.17) is 4.42 Å². The number of nitrogens with one attached hydrogen (secondary N) is 1. The summed E-state index contributed by atoms with van der Waals surface area (Å²) in [5.41, 5.74) is 3.63. The van der Waals surface area contributed by atoms with E-state index in [0.717, 1.165) is 12.0 Å². The van der Waals surface area contributed by atoms with E-state index in [2.05, 4.69) is 40.3 Å². The molecule has 0 radical (unpaired) electrons. The van der Waals surface area contributed by atoms with Gasteiger partial charge in [0.25, 0.3) is 5.91 Å². The molecule has 2 aromatic carbocycles. The van der Waals surface area contributed by atoms with E-state index in [-0.39, 0.29) is 23.5 Å². The molecule has 30 heavy (non-hydrogen) atoms. The minimum Gasteiger partial charge on any atom is -0.447 e. The van der Waals surface area contributed by atoms with Crippen LogP contribution in [-0.4, -0.2) is 21.8 Å². The lowest BCUT2D eigenvalue weighted by Crippen LogP contribution is -2.32. The third-order valence-electron chi connectivity index (χ3n) is 4.94. The standard InChI is InChI=1S/C24H28FN3O2/c1-4-18(3)26-24(29)22-16-30-23(27-22)15-28(13-19-8-10-21(25)11-9-19)14-20-7-5-6-17(2)12-20/h5-12,16,18H,4,13-15H2,1-3H3,(H,26,29)/t18-/m1/s1. The molecule has 1 atom stereocenters. The summed E-state index contributed by atoms with van der Waals surface area (Å²) in [5.74, 6) is -0.0177. The van der Waals surface area contributed by atoms with Crippen LogP contribution < -0.4 is 5.32 Å². The molecule has 158 valence electrons. The second-order valence-electron chi connectivity index (χ2n) is 7.67. The predicted molar refractivity (Wildman–Crippen MR) is 114 cm³/mol. The number of hydrogen-bond donors (Lipinski definition) is 1. The number of hydrogen-bond acceptors (Lipinski definition) is 4. The average Bonchev–Trinajstić information content (AvgIpc) is 3.18. The highest BCUT2D eigenvalue weighted by atomic mass is 19.1. The largest absolute Gasteiger partial charge is 0.447 e. The lowest BCUT2D eigenvalue weighted by Gasteiger charge is -2.21. The van der Waals surface area contributed by atoms with Crippen LogP contribution >= 0.6 is 0 Å². The highest BCUT2D eigenvalue weighted by Crippen LogP contribution is 2.16. The van der Waals surface area contributed by atoms with E-state index in [9.17, 15) is 9.18 Å². The minimum atomic E-state index is -0.256. The summed E-state index contributed by atoms with van der Waals surface area (Å²) < 4.78 is 18.9. The zero-order valence-corrected chi connectivity index (χ0v) is 17.7. The van der Waals surface area contributed by atoms with Crippen LogP contribution in [0.2, 0.25) is 0 Å². The van der Waals surface area contributed by atoms with Gasteiger partial charge in [-0.05, 0) is 43.5 Å². The van der Waals surface area contributed by atoms with Crippen molar-refractivity contribution in [1.29, 1.82) is 0 Å². The molecule has 0 aliphatic heterocycles. The fraction of sp³-hybridized carbons (Fsp3) is 0.333. The van der Waals surface area contributed by atoms with Crippen molar-refractivity contribution in [3.8, 4) is 0 Å². The molecule has 0 unspecified atom stereocenters. The van der Waals surface area contributed by atoms with Gasteiger partial charge in [-0.2, -0.15) is 0 Å². The summed E-state index contributed by atoms with van der Waals surface area (Å²) in [7, 11) is 0. The summed E-state index contributed by atoms with van der Waals surface area (Å²) in [6.07, 6.45) is 2.24. The molecule has 1 amide bonds. The van der Waals surface area contributed by atoms with Gasteiger partial charge in [0.05, 0.1) is 6.54 Å². The molecular weight excluding hydrogens is 381 g/mol. The summed E-state index contributed by atoms with van der Waals surface area (Å²) in [4.78, 5) is 18.8. The SMILES string of the molecule is CC[C@@H](C)NC(=O)c1coc(CN(Cc2ccc(F)cc2)Cc2cccc(C)c2)n1. The summed E-state index contributed by atoms with van der Waals surface area (Å²) in [6, 6.07) is 14.9. The van der Waals surface area contributed by atoms with Crippen LogP contribution in [0.1, 0.15) is 53.3 Å². The first-order chi connectivity index (χ1) is 14.4. The van der Waals surface area contributed by atoms with Gasteiger partial charge >= 0.3 is 0 Å². The van der Waals surface area contributed by atoms with Gasteiger partial charge in [-0.3, -0.25) is 9.69 Å². The molecule has 0 aliphatic rings. The molecule has 5 nitrogen and oxygen atoms in total. The summed E-state index contributed by atoms with van der Waals surface area (Å²) in [5, 5.41) is 2.89. The van der Waals surface area contributed by atoms with Gasteiger partial charge in [0, 0.05) is 19.1 Å². The molecule has 0 spiro atoms. The van der Waals surface area contributed by atoms with Gasteiger partial charge in [0.1, 0.15) is 12.1 Å². The number of rotatable bonds is 9. The minimum absolute atomic E-state index is 0.0777. The molecule has 1 N–H and O–H groups in total. The number of carbonyl (C=O) groups excluding carboxylic acids is 1. The highest BCUT2D eigenvalue weighted by molar-refractivity contribution is 5.92. The second-order valence-corrected chi connectivity index (χ2v) is 7.67. The first-order valence-electron chi connectivity index (χ1n) is 10.2. The van der Waals surface area contributed by atoms with Gasteiger partial charge in [0.15, 0.2) is 5.69 Å². The maximum absolute atomic E-state index is 13.3. The fourth-order valence-corrected chi connectivity index (χ4v) is 3.16. The maximum Gasteiger partial charge on any atom is 0.273 e. The smallest absolute Gasteiger partial charge is 0.273 e. The molecule has 0 bridgehead atoms. The number of aryl methyl sites for hydroxylation is 1. The van der Waals surface area contributed by atoms with Crippen molar-refractivity contribution in [2.75, 3.05) is 0 Å². The topological polar surface area (TPSA) is 58.4 Å². The van der Waals surface area contributed by atoms with Gasteiger partial charge in [-0.25, -0.2) is 9.37 Å². The molecule has 6 heteroatoms. The van der Waals surface area contributed by atoms with E-state index < -0.39 is 0 Å². The fourth-order valence-electron chi connectivity index (χ4n) is 3.16. The Bertz CT molecular complexity index is 969. The third-order valence-corrected chi connectivity index (χ3v) is 4.94. The van der Waals surface area contributed by atoms with Crippen LogP contribution in [0.15, 0.2) is 59.2 Å². The van der Waals surface area contributed by atoms with Crippen molar-refractivity contribution in [2.24, 2.45) is 0 Å². The molecule has 3 aromatic rings. The van der Waals surface area contributed by atoms with Gasteiger partial charge in [0.2, 0.25) is 5.89 Å². The van der Waals surface area contributed by atoms with Gasteiger partial charge in [-0.15, -0.1) is 0 Å². The quantitative estimate of drug-likeness (QED) is 0.549. The van der Waals surface area contributed by atoms with Gasteiger partial charge in [-0.1, -0.05) is 48.9 Å². The molecular formula is C24H28FN3O2. The van der Waals surface area contributed by atoms with Crippen LogP contribution in [0.25, 0.3) is 0 Å². The molecule has 0 fully saturated rings. The molecule has 0 saturated carbocycles. The Hall–Kier alpha value is -2.99. The van der Waals surface area contributed by atoms with Crippen LogP contribution in [0, 0.1) is 12.7 Å². The van der Waals surface area contributed by atoms with Crippen molar-refractivity contribution in [3.05, 3.63) is 88.9 Å². The lowest BCUT2D eigenvalue weighted by atomic mass is 10.1. The van der Waals surface area contributed by atoms with Crippen molar-refractivity contribution in [1.82, 2.24) is 15.2 Å². The van der Waals surface area contributed by atoms with Crippen molar-refractivity contribution >= 4 is 5.91 Å². The van der Waals surface area contributed by atoms with Crippen molar-refractivity contribution in [2.45, 2.75) is 52.9 Å². The van der Waals surface area contributed by atoms with Gasteiger partial charge < -0.3 is 9.73 Å². The van der Waals surface area contributed by atoms with E-state index in [1.54, 1.807) is 12.1 Å². The number of halogens is 1. The highest BCUT2D eigenvalue weighted by Gasteiger charge is 2.17. The Morgan fingerprint density at radius 2 is 1.87 bits per heavy atom. The molecule has 0 aliphatic carbocycles. The van der Waals surface area contributed by atoms with E-state index >= 15 is 0 Å². The molecule has 0 saturated heterocycles. The Kier molecular flexibility index (Phi) is 7.36. The molecule has 3 rings (SSSR count). The first kappa shape index (κ1) is 21.7. The predicted octanol–water partition coefficient (Wildman–Crippen LogP) is 4.85. The number of oxazole rings is 1. The van der Waals surface area contributed by atoms with Crippen LogP contribution in [0.5, 0.6) is 0 Å². The van der Waals surface area contributed by atoms with Crippen LogP contribution in [0.4, 0.5) is 4.39 Å². The first-order valence-corrected chi connectivity index (χ1v) is 10.2. The van der Waals surface area contributed by atoms with Crippen LogP contribution in [-0.2, 0) is 19.6 Å². The number of nitrogens with zero attached hydrogens (tertiary/aromatic N) is 2. The average molecular weight is 410 g/mol. The summed E-state index contributed by atoms with van der Waals surface area (Å²) >= 11 is 0. The third kappa shape index (κ3) is 6.26. The number of carbonyl (C=O) groups is 1. The Labute approximate surface area is 176 Å². The van der Waals surface area contributed by atoms with E-state index in [1.807, 2.05) is 19.9 Å². The zero-order chi connectivity index (χ0) is 21.5. The molecule has 1 heterocycles.